The van der Waals surface area contributed by atoms with E-state index in [9.17, 15) is 0 Å². The minimum Gasteiger partial charge on any atom is -0.330 e. The van der Waals surface area contributed by atoms with E-state index in [1.807, 2.05) is 13.8 Å². The standard InChI is InChI=1S/C11H17N.C2H6/c1-3-10-5-4-9(2)11(8-10)6-7-12;1-2/h4-5,8H,3,6-7,12H2,1-2H3;1-2H3. The van der Waals surface area contributed by atoms with E-state index >= 15 is 0 Å². The van der Waals surface area contributed by atoms with Crippen LogP contribution in [0.4, 0.5) is 0 Å². The van der Waals surface area contributed by atoms with Crippen molar-refractivity contribution < 1.29 is 0 Å². The third-order valence-electron chi connectivity index (χ3n) is 2.24. The van der Waals surface area contributed by atoms with E-state index < -0.39 is 0 Å². The number of hydrogen-bond donors (Lipinski definition) is 1. The number of benzene rings is 1. The van der Waals surface area contributed by atoms with E-state index in [4.69, 9.17) is 5.73 Å². The summed E-state index contributed by atoms with van der Waals surface area (Å²) in [5, 5.41) is 0. The molecule has 0 unspecified atom stereocenters. The molecule has 0 spiro atoms. The zero-order valence-electron chi connectivity index (χ0n) is 9.93. The van der Waals surface area contributed by atoms with Gasteiger partial charge in [0, 0.05) is 0 Å². The monoisotopic (exact) mass is 193 g/mol. The molecule has 0 fully saturated rings. The zero-order chi connectivity index (χ0) is 11.0. The van der Waals surface area contributed by atoms with Gasteiger partial charge in [-0.15, -0.1) is 0 Å². The number of hydrogen-bond acceptors (Lipinski definition) is 1. The smallest absolute Gasteiger partial charge is 0.00366 e. The number of nitrogens with two attached hydrogens (primary N) is 1. The van der Waals surface area contributed by atoms with Crippen LogP contribution in [0.1, 0.15) is 37.5 Å². The lowest BCUT2D eigenvalue weighted by molar-refractivity contribution is 0.950. The Morgan fingerprint density at radius 3 is 2.36 bits per heavy atom. The summed E-state index contributed by atoms with van der Waals surface area (Å²) in [5.74, 6) is 0. The van der Waals surface area contributed by atoms with Crippen LogP contribution in [0.15, 0.2) is 18.2 Å². The molecule has 0 amide bonds. The minimum absolute atomic E-state index is 0.744. The van der Waals surface area contributed by atoms with Crippen LogP contribution >= 0.6 is 0 Å². The highest BCUT2D eigenvalue weighted by atomic mass is 14.5. The van der Waals surface area contributed by atoms with Crippen molar-refractivity contribution in [2.24, 2.45) is 5.73 Å². The van der Waals surface area contributed by atoms with Gasteiger partial charge >= 0.3 is 0 Å². The molecule has 0 aliphatic rings. The van der Waals surface area contributed by atoms with Crippen molar-refractivity contribution in [3.05, 3.63) is 34.9 Å². The van der Waals surface area contributed by atoms with Crippen molar-refractivity contribution >= 4 is 0 Å². The third-order valence-corrected chi connectivity index (χ3v) is 2.24. The van der Waals surface area contributed by atoms with Crippen molar-refractivity contribution in [1.82, 2.24) is 0 Å². The predicted molar refractivity (Wildman–Crippen MR) is 64.7 cm³/mol. The van der Waals surface area contributed by atoms with Gasteiger partial charge in [0.2, 0.25) is 0 Å². The molecular weight excluding hydrogens is 170 g/mol. The van der Waals surface area contributed by atoms with Crippen molar-refractivity contribution in [1.29, 1.82) is 0 Å². The molecule has 0 heterocycles. The van der Waals surface area contributed by atoms with E-state index in [-0.39, 0.29) is 0 Å². The summed E-state index contributed by atoms with van der Waals surface area (Å²) in [5.41, 5.74) is 9.69. The summed E-state index contributed by atoms with van der Waals surface area (Å²) in [4.78, 5) is 0. The Bertz CT molecular complexity index is 253. The Morgan fingerprint density at radius 2 is 1.86 bits per heavy atom. The molecule has 1 rings (SSSR count). The van der Waals surface area contributed by atoms with Gasteiger partial charge in [0.15, 0.2) is 0 Å². The molecule has 80 valence electrons. The highest BCUT2D eigenvalue weighted by molar-refractivity contribution is 5.31. The second kappa shape index (κ2) is 7.57. The highest BCUT2D eigenvalue weighted by Gasteiger charge is 1.97. The summed E-state index contributed by atoms with van der Waals surface area (Å²) in [6.07, 6.45) is 2.11. The molecule has 1 aromatic rings. The van der Waals surface area contributed by atoms with Crippen molar-refractivity contribution in [2.45, 2.75) is 40.5 Å². The van der Waals surface area contributed by atoms with Crippen LogP contribution in [-0.2, 0) is 12.8 Å². The Hall–Kier alpha value is -0.820. The molecule has 0 aromatic heterocycles. The van der Waals surface area contributed by atoms with Crippen LogP contribution in [0.3, 0.4) is 0 Å². The average molecular weight is 193 g/mol. The van der Waals surface area contributed by atoms with Gasteiger partial charge in [0.25, 0.3) is 0 Å². The predicted octanol–water partition coefficient (Wildman–Crippen LogP) is 3.08. The molecule has 0 aliphatic heterocycles. The molecule has 1 aromatic carbocycles. The molecule has 14 heavy (non-hydrogen) atoms. The normalized spacial score (nSPS) is 9.21. The first-order valence-electron chi connectivity index (χ1n) is 5.56. The van der Waals surface area contributed by atoms with Crippen LogP contribution < -0.4 is 5.73 Å². The third kappa shape index (κ3) is 3.93. The van der Waals surface area contributed by atoms with Crippen molar-refractivity contribution in [2.75, 3.05) is 6.54 Å². The fourth-order valence-electron chi connectivity index (χ4n) is 1.37. The fourth-order valence-corrected chi connectivity index (χ4v) is 1.37. The lowest BCUT2D eigenvalue weighted by atomic mass is 10.0. The van der Waals surface area contributed by atoms with Gasteiger partial charge in [-0.25, -0.2) is 0 Å². The van der Waals surface area contributed by atoms with E-state index in [0.29, 0.717) is 0 Å². The van der Waals surface area contributed by atoms with E-state index in [1.54, 1.807) is 0 Å². The molecule has 0 aliphatic carbocycles. The van der Waals surface area contributed by atoms with Crippen LogP contribution in [-0.4, -0.2) is 6.54 Å². The summed E-state index contributed by atoms with van der Waals surface area (Å²) >= 11 is 0. The topological polar surface area (TPSA) is 26.0 Å². The summed E-state index contributed by atoms with van der Waals surface area (Å²) in [6, 6.07) is 6.64. The van der Waals surface area contributed by atoms with Crippen molar-refractivity contribution in [3.8, 4) is 0 Å². The van der Waals surface area contributed by atoms with Gasteiger partial charge in [0.1, 0.15) is 0 Å². The van der Waals surface area contributed by atoms with E-state index in [0.717, 1.165) is 19.4 Å². The quantitative estimate of drug-likeness (QED) is 0.784. The summed E-state index contributed by atoms with van der Waals surface area (Å²) in [6.45, 7) is 9.06. The maximum atomic E-state index is 5.52. The SMILES string of the molecule is CC.CCc1ccc(C)c(CCN)c1. The molecule has 0 bridgehead atoms. The first-order chi connectivity index (χ1) is 6.77. The van der Waals surface area contributed by atoms with Gasteiger partial charge in [-0.05, 0) is 43.0 Å². The molecule has 1 nitrogen and oxygen atoms in total. The molecular formula is C13H23N. The maximum absolute atomic E-state index is 5.52. The molecule has 2 N–H and O–H groups in total. The lowest BCUT2D eigenvalue weighted by Gasteiger charge is -2.06. The summed E-state index contributed by atoms with van der Waals surface area (Å²) < 4.78 is 0. The van der Waals surface area contributed by atoms with E-state index in [2.05, 4.69) is 32.0 Å². The van der Waals surface area contributed by atoms with Gasteiger partial charge in [0.05, 0.1) is 0 Å². The van der Waals surface area contributed by atoms with Gasteiger partial charge < -0.3 is 5.73 Å². The number of rotatable bonds is 3. The largest absolute Gasteiger partial charge is 0.330 e. The Kier molecular flexibility index (Phi) is 7.13. The van der Waals surface area contributed by atoms with Gasteiger partial charge in [-0.3, -0.25) is 0 Å². The second-order valence-corrected chi connectivity index (χ2v) is 3.15. The molecule has 0 saturated heterocycles. The Labute approximate surface area is 88.3 Å². The van der Waals surface area contributed by atoms with E-state index in [1.165, 1.54) is 16.7 Å². The van der Waals surface area contributed by atoms with Crippen LogP contribution in [0, 0.1) is 6.92 Å². The minimum atomic E-state index is 0.744. The average Bonchev–Trinajstić information content (AvgIpc) is 2.24. The highest BCUT2D eigenvalue weighted by Crippen LogP contribution is 2.11. The molecule has 1 heteroatoms. The molecule has 0 radical (unpaired) electrons. The molecule has 0 atom stereocenters. The Balaban J connectivity index is 0.000000791. The van der Waals surface area contributed by atoms with Crippen molar-refractivity contribution in [3.63, 3.8) is 0 Å². The van der Waals surface area contributed by atoms with Gasteiger partial charge in [-0.1, -0.05) is 39.0 Å². The van der Waals surface area contributed by atoms with Crippen LogP contribution in [0.25, 0.3) is 0 Å². The first kappa shape index (κ1) is 13.2. The maximum Gasteiger partial charge on any atom is -0.00366 e. The van der Waals surface area contributed by atoms with Crippen LogP contribution in [0.2, 0.25) is 0 Å². The van der Waals surface area contributed by atoms with Gasteiger partial charge in [-0.2, -0.15) is 0 Å². The zero-order valence-corrected chi connectivity index (χ0v) is 9.93. The first-order valence-corrected chi connectivity index (χ1v) is 5.56. The second-order valence-electron chi connectivity index (χ2n) is 3.15. The number of aryl methyl sites for hydroxylation is 2. The fraction of sp³-hybridized carbons (Fsp3) is 0.538. The Morgan fingerprint density at radius 1 is 1.21 bits per heavy atom. The lowest BCUT2D eigenvalue weighted by Crippen LogP contribution is -2.04. The summed E-state index contributed by atoms with van der Waals surface area (Å²) in [7, 11) is 0. The van der Waals surface area contributed by atoms with Crippen LogP contribution in [0.5, 0.6) is 0 Å². The molecule has 0 saturated carbocycles.